The Kier molecular flexibility index (Phi) is 4.89. The number of amidine groups is 1. The van der Waals surface area contributed by atoms with E-state index in [1.807, 2.05) is 0 Å². The summed E-state index contributed by atoms with van der Waals surface area (Å²) in [4.78, 5) is 9.08. The minimum atomic E-state index is -4.66. The highest BCUT2D eigenvalue weighted by molar-refractivity contribution is 6.33. The first-order chi connectivity index (χ1) is 13.8. The van der Waals surface area contributed by atoms with Crippen LogP contribution in [0.25, 0.3) is 0 Å². The number of pyridine rings is 1. The SMILES string of the molecule is OC1N=C(NCc2cnoc2)c2ccc(C(F)(F)F)nc2N1c1ccccc1Cl. The summed E-state index contributed by atoms with van der Waals surface area (Å²) in [7, 11) is 0. The van der Waals surface area contributed by atoms with E-state index in [2.05, 4.69) is 20.4 Å². The normalized spacial score (nSPS) is 16.4. The monoisotopic (exact) mass is 423 g/mol. The number of benzene rings is 1. The van der Waals surface area contributed by atoms with Crippen LogP contribution in [0.2, 0.25) is 5.02 Å². The van der Waals surface area contributed by atoms with Crippen LogP contribution in [-0.4, -0.2) is 27.4 Å². The van der Waals surface area contributed by atoms with Gasteiger partial charge in [0.2, 0.25) is 6.35 Å². The van der Waals surface area contributed by atoms with E-state index in [0.29, 0.717) is 5.56 Å². The van der Waals surface area contributed by atoms with Gasteiger partial charge in [-0.2, -0.15) is 13.2 Å². The summed E-state index contributed by atoms with van der Waals surface area (Å²) in [6, 6.07) is 8.53. The summed E-state index contributed by atoms with van der Waals surface area (Å²) in [5, 5.41) is 17.4. The molecule has 0 saturated heterocycles. The predicted octanol–water partition coefficient (Wildman–Crippen LogP) is 3.71. The van der Waals surface area contributed by atoms with E-state index in [9.17, 15) is 18.3 Å². The Morgan fingerprint density at radius 3 is 2.69 bits per heavy atom. The standard InChI is InChI=1S/C18H13ClF3N5O2/c19-12-3-1-2-4-13(12)27-16-11(5-6-14(25-16)18(20,21)22)15(26-17(27)28)23-7-10-8-24-29-9-10/h1-6,8-9,17,28H,7H2,(H,23,26). The maximum absolute atomic E-state index is 13.3. The maximum Gasteiger partial charge on any atom is 0.433 e. The minimum Gasteiger partial charge on any atom is -0.365 e. The smallest absolute Gasteiger partial charge is 0.365 e. The van der Waals surface area contributed by atoms with Crippen molar-refractivity contribution in [2.45, 2.75) is 19.1 Å². The van der Waals surface area contributed by atoms with E-state index in [1.165, 1.54) is 18.5 Å². The van der Waals surface area contributed by atoms with Crippen molar-refractivity contribution >= 4 is 28.9 Å². The van der Waals surface area contributed by atoms with Crippen LogP contribution in [-0.2, 0) is 12.7 Å². The number of aliphatic imine (C=N–C) groups is 1. The second-order valence-electron chi connectivity index (χ2n) is 6.10. The van der Waals surface area contributed by atoms with Gasteiger partial charge in [0.15, 0.2) is 0 Å². The van der Waals surface area contributed by atoms with E-state index >= 15 is 0 Å². The zero-order chi connectivity index (χ0) is 20.6. The molecule has 4 rings (SSSR count). The fourth-order valence-electron chi connectivity index (χ4n) is 2.85. The fourth-order valence-corrected chi connectivity index (χ4v) is 3.08. The molecule has 3 heterocycles. The summed E-state index contributed by atoms with van der Waals surface area (Å²) in [5.41, 5.74) is 0.147. The van der Waals surface area contributed by atoms with Gasteiger partial charge in [0.05, 0.1) is 22.5 Å². The lowest BCUT2D eigenvalue weighted by Crippen LogP contribution is -2.40. The van der Waals surface area contributed by atoms with Crippen molar-refractivity contribution in [1.82, 2.24) is 15.5 Å². The number of halogens is 4. The van der Waals surface area contributed by atoms with Crippen LogP contribution in [0, 0.1) is 0 Å². The Hall–Kier alpha value is -3.11. The maximum atomic E-state index is 13.3. The molecule has 2 N–H and O–H groups in total. The van der Waals surface area contributed by atoms with Crippen molar-refractivity contribution in [1.29, 1.82) is 0 Å². The molecule has 29 heavy (non-hydrogen) atoms. The van der Waals surface area contributed by atoms with Crippen molar-refractivity contribution in [2.75, 3.05) is 4.90 Å². The third kappa shape index (κ3) is 3.76. The number of aliphatic hydroxyl groups excluding tert-OH is 1. The quantitative estimate of drug-likeness (QED) is 0.668. The highest BCUT2D eigenvalue weighted by atomic mass is 35.5. The van der Waals surface area contributed by atoms with Crippen LogP contribution in [0.3, 0.4) is 0 Å². The molecule has 2 aromatic heterocycles. The number of nitrogens with one attached hydrogen (secondary N) is 1. The molecule has 0 aliphatic carbocycles. The molecule has 0 fully saturated rings. The molecule has 1 unspecified atom stereocenters. The zero-order valence-corrected chi connectivity index (χ0v) is 15.3. The molecule has 0 spiro atoms. The van der Waals surface area contributed by atoms with Crippen LogP contribution >= 0.6 is 11.6 Å². The second-order valence-corrected chi connectivity index (χ2v) is 6.50. The van der Waals surface area contributed by atoms with Gasteiger partial charge in [-0.3, -0.25) is 4.90 Å². The third-order valence-electron chi connectivity index (χ3n) is 4.18. The first kappa shape index (κ1) is 19.2. The number of aliphatic hydroxyl groups is 1. The average molecular weight is 424 g/mol. The molecule has 150 valence electrons. The molecule has 1 aliphatic rings. The molecule has 0 bridgehead atoms. The Morgan fingerprint density at radius 2 is 2.00 bits per heavy atom. The number of fused-ring (bicyclic) bond motifs is 1. The van der Waals surface area contributed by atoms with Gasteiger partial charge in [0.25, 0.3) is 0 Å². The van der Waals surface area contributed by atoms with Crippen LogP contribution in [0.15, 0.2) is 58.4 Å². The number of anilines is 2. The number of para-hydroxylation sites is 1. The Bertz CT molecular complexity index is 1060. The average Bonchev–Trinajstić information content (AvgIpc) is 3.19. The number of hydrogen-bond donors (Lipinski definition) is 2. The number of aromatic nitrogens is 2. The summed E-state index contributed by atoms with van der Waals surface area (Å²) in [6.45, 7) is 0.238. The summed E-state index contributed by atoms with van der Waals surface area (Å²) < 4.78 is 44.5. The van der Waals surface area contributed by atoms with E-state index < -0.39 is 18.2 Å². The topological polar surface area (TPSA) is 86.8 Å². The lowest BCUT2D eigenvalue weighted by atomic mass is 10.1. The molecule has 11 heteroatoms. The van der Waals surface area contributed by atoms with Crippen LogP contribution in [0.4, 0.5) is 24.7 Å². The third-order valence-corrected chi connectivity index (χ3v) is 4.50. The molecule has 1 aliphatic heterocycles. The minimum absolute atomic E-state index is 0.122. The first-order valence-corrected chi connectivity index (χ1v) is 8.73. The van der Waals surface area contributed by atoms with Gasteiger partial charge in [-0.1, -0.05) is 28.9 Å². The Morgan fingerprint density at radius 1 is 1.21 bits per heavy atom. The van der Waals surface area contributed by atoms with Gasteiger partial charge >= 0.3 is 6.18 Å². The van der Waals surface area contributed by atoms with Crippen molar-refractivity contribution in [3.05, 3.63) is 70.7 Å². The van der Waals surface area contributed by atoms with Gasteiger partial charge in [-0.25, -0.2) is 9.98 Å². The molecule has 1 aromatic carbocycles. The number of rotatable bonds is 3. The van der Waals surface area contributed by atoms with Gasteiger partial charge in [-0.05, 0) is 24.3 Å². The summed E-state index contributed by atoms with van der Waals surface area (Å²) >= 11 is 6.20. The van der Waals surface area contributed by atoms with Gasteiger partial charge in [-0.15, -0.1) is 0 Å². The second kappa shape index (κ2) is 7.37. The van der Waals surface area contributed by atoms with E-state index in [0.717, 1.165) is 11.0 Å². The Balaban J connectivity index is 1.80. The van der Waals surface area contributed by atoms with Crippen molar-refractivity contribution < 1.29 is 22.8 Å². The van der Waals surface area contributed by atoms with Crippen LogP contribution in [0.5, 0.6) is 0 Å². The lowest BCUT2D eigenvalue weighted by molar-refractivity contribution is -0.141. The molecule has 1 atom stereocenters. The van der Waals surface area contributed by atoms with E-state index in [4.69, 9.17) is 16.1 Å². The van der Waals surface area contributed by atoms with Gasteiger partial charge < -0.3 is 14.9 Å². The van der Waals surface area contributed by atoms with Gasteiger partial charge in [0, 0.05) is 12.1 Å². The molecule has 0 radical (unpaired) electrons. The van der Waals surface area contributed by atoms with Crippen molar-refractivity contribution in [3.63, 3.8) is 0 Å². The summed E-state index contributed by atoms with van der Waals surface area (Å²) in [6.07, 6.45) is -3.30. The van der Waals surface area contributed by atoms with Crippen molar-refractivity contribution in [2.24, 2.45) is 4.99 Å². The molecular weight excluding hydrogens is 411 g/mol. The number of nitrogens with zero attached hydrogens (tertiary/aromatic N) is 4. The highest BCUT2D eigenvalue weighted by Gasteiger charge is 2.37. The number of alkyl halides is 3. The first-order valence-electron chi connectivity index (χ1n) is 8.35. The molecule has 3 aromatic rings. The molecule has 0 amide bonds. The lowest BCUT2D eigenvalue weighted by Gasteiger charge is -2.33. The van der Waals surface area contributed by atoms with Gasteiger partial charge in [0.1, 0.15) is 23.6 Å². The Labute approximate surface area is 167 Å². The van der Waals surface area contributed by atoms with Crippen molar-refractivity contribution in [3.8, 4) is 0 Å². The van der Waals surface area contributed by atoms with Crippen LogP contribution in [0.1, 0.15) is 16.8 Å². The summed E-state index contributed by atoms with van der Waals surface area (Å²) in [5.74, 6) is 0.0569. The highest BCUT2D eigenvalue weighted by Crippen LogP contribution is 2.38. The van der Waals surface area contributed by atoms with Crippen LogP contribution < -0.4 is 10.2 Å². The molecule has 0 saturated carbocycles. The molecular formula is C18H13ClF3N5O2. The largest absolute Gasteiger partial charge is 0.433 e. The van der Waals surface area contributed by atoms with E-state index in [1.54, 1.807) is 24.3 Å². The molecule has 7 nitrogen and oxygen atoms in total. The fraction of sp³-hybridized carbons (Fsp3) is 0.167. The van der Waals surface area contributed by atoms with E-state index in [-0.39, 0.29) is 34.5 Å². The predicted molar refractivity (Wildman–Crippen MR) is 98.7 cm³/mol. The number of hydrogen-bond acceptors (Lipinski definition) is 7. The zero-order valence-electron chi connectivity index (χ0n) is 14.6.